The van der Waals surface area contributed by atoms with E-state index < -0.39 is 6.04 Å². The molecule has 0 saturated carbocycles. The van der Waals surface area contributed by atoms with Gasteiger partial charge in [-0.1, -0.05) is 20.8 Å². The minimum absolute atomic E-state index is 0.0231. The van der Waals surface area contributed by atoms with Crippen molar-refractivity contribution in [1.82, 2.24) is 4.90 Å². The topological polar surface area (TPSA) is 55.8 Å². The van der Waals surface area contributed by atoms with E-state index >= 15 is 0 Å². The Hall–Kier alpha value is -0.750. The van der Waals surface area contributed by atoms with Crippen LogP contribution in [0.5, 0.6) is 0 Å². The Morgan fingerprint density at radius 3 is 2.65 bits per heavy atom. The number of esters is 1. The van der Waals surface area contributed by atoms with Gasteiger partial charge in [0.25, 0.3) is 0 Å². The number of carbonyl (C=O) groups is 2. The Kier molecular flexibility index (Phi) is 8.40. The number of hydrogen-bond acceptors (Lipinski definition) is 5. The molecule has 1 rings (SSSR count). The molecule has 0 N–H and O–H groups in total. The van der Waals surface area contributed by atoms with Gasteiger partial charge in [-0.25, -0.2) is 4.79 Å². The van der Waals surface area contributed by atoms with Crippen molar-refractivity contribution >= 4 is 24.5 Å². The van der Waals surface area contributed by atoms with Crippen LogP contribution in [-0.2, 0) is 19.1 Å². The first-order valence-corrected chi connectivity index (χ1v) is 9.12. The van der Waals surface area contributed by atoms with Gasteiger partial charge in [0.15, 0.2) is 0 Å². The number of hydrogen-bond donors (Lipinski definition) is 1. The van der Waals surface area contributed by atoms with Gasteiger partial charge in [-0.05, 0) is 38.0 Å². The molecule has 1 heterocycles. The normalized spacial score (nSPS) is 20.2. The maximum Gasteiger partial charge on any atom is 0.329 e. The zero-order valence-electron chi connectivity index (χ0n) is 14.8. The van der Waals surface area contributed by atoms with E-state index in [1.54, 1.807) is 11.8 Å². The maximum absolute atomic E-state index is 12.4. The summed E-state index contributed by atoms with van der Waals surface area (Å²) in [6.45, 7) is 9.27. The first kappa shape index (κ1) is 20.3. The molecule has 134 valence electrons. The summed E-state index contributed by atoms with van der Waals surface area (Å²) in [5.74, 6) is 0.0206. The van der Waals surface area contributed by atoms with Gasteiger partial charge in [0, 0.05) is 12.3 Å². The fourth-order valence-electron chi connectivity index (χ4n) is 2.39. The van der Waals surface area contributed by atoms with E-state index in [-0.39, 0.29) is 30.0 Å². The largest absolute Gasteiger partial charge is 0.460 e. The molecular weight excluding hydrogens is 314 g/mol. The molecule has 0 radical (unpaired) electrons. The molecule has 0 aliphatic carbocycles. The molecule has 0 aromatic rings. The summed E-state index contributed by atoms with van der Waals surface area (Å²) in [6, 6.07) is -0.485. The average molecular weight is 346 g/mol. The van der Waals surface area contributed by atoms with Gasteiger partial charge < -0.3 is 14.4 Å². The van der Waals surface area contributed by atoms with Crippen LogP contribution in [0.2, 0.25) is 0 Å². The van der Waals surface area contributed by atoms with Crippen molar-refractivity contribution in [3.8, 4) is 0 Å². The van der Waals surface area contributed by atoms with Gasteiger partial charge in [0.05, 0.1) is 6.61 Å². The van der Waals surface area contributed by atoms with Crippen LogP contribution in [-0.4, -0.2) is 54.4 Å². The lowest BCUT2D eigenvalue weighted by Crippen LogP contribution is -2.50. The predicted octanol–water partition coefficient (Wildman–Crippen LogP) is 2.68. The molecule has 0 bridgehead atoms. The lowest BCUT2D eigenvalue weighted by molar-refractivity contribution is -0.161. The summed E-state index contributed by atoms with van der Waals surface area (Å²) in [7, 11) is 0. The van der Waals surface area contributed by atoms with Gasteiger partial charge in [-0.2, -0.15) is 12.6 Å². The zero-order valence-corrected chi connectivity index (χ0v) is 15.7. The number of likely N-dealkylation sites (tertiary alicyclic amines) is 1. The number of carbonyl (C=O) groups excluding carboxylic acids is 2. The Balaban J connectivity index is 2.56. The number of nitrogens with zero attached hydrogens (tertiary/aromatic N) is 1. The maximum atomic E-state index is 12.4. The zero-order chi connectivity index (χ0) is 17.5. The lowest BCUT2D eigenvalue weighted by Gasteiger charge is -2.34. The van der Waals surface area contributed by atoms with Crippen LogP contribution < -0.4 is 0 Å². The van der Waals surface area contributed by atoms with Crippen LogP contribution >= 0.6 is 12.6 Å². The highest BCUT2D eigenvalue weighted by Gasteiger charge is 2.34. The van der Waals surface area contributed by atoms with E-state index in [1.807, 2.05) is 0 Å². The van der Waals surface area contributed by atoms with Gasteiger partial charge in [0.1, 0.15) is 18.8 Å². The summed E-state index contributed by atoms with van der Waals surface area (Å²) in [4.78, 5) is 26.3. The van der Waals surface area contributed by atoms with Crippen LogP contribution in [0.1, 0.15) is 53.4 Å². The molecule has 2 unspecified atom stereocenters. The molecule has 1 aliphatic heterocycles. The minimum atomic E-state index is -0.485. The third kappa shape index (κ3) is 6.71. The quantitative estimate of drug-likeness (QED) is 0.543. The van der Waals surface area contributed by atoms with Gasteiger partial charge in [0.2, 0.25) is 5.91 Å². The van der Waals surface area contributed by atoms with Crippen molar-refractivity contribution in [2.75, 3.05) is 25.5 Å². The average Bonchev–Trinajstić information content (AvgIpc) is 2.54. The fraction of sp³-hybridized carbons (Fsp3) is 0.882. The number of piperidine rings is 1. The number of ether oxygens (including phenoxy) is 2. The highest BCUT2D eigenvalue weighted by Crippen LogP contribution is 2.21. The molecule has 23 heavy (non-hydrogen) atoms. The molecule has 0 spiro atoms. The van der Waals surface area contributed by atoms with E-state index in [0.717, 1.165) is 19.3 Å². The molecule has 1 saturated heterocycles. The first-order chi connectivity index (χ1) is 10.8. The first-order valence-electron chi connectivity index (χ1n) is 8.49. The lowest BCUT2D eigenvalue weighted by atomic mass is 9.92. The minimum Gasteiger partial charge on any atom is -0.460 e. The Morgan fingerprint density at radius 2 is 2.04 bits per heavy atom. The van der Waals surface area contributed by atoms with E-state index in [1.165, 1.54) is 0 Å². The van der Waals surface area contributed by atoms with Gasteiger partial charge >= 0.3 is 5.97 Å². The summed E-state index contributed by atoms with van der Waals surface area (Å²) in [6.07, 6.45) is 3.25. The highest BCUT2D eigenvalue weighted by atomic mass is 32.1. The smallest absolute Gasteiger partial charge is 0.329 e. The standard InChI is InChI=1S/C17H31NO4S/c1-5-17(3,4)12-21-10-15(19)18-9-7-6-8-14(18)16(20)22-13(2)11-23/h13-14,23H,5-12H2,1-4H3. The summed E-state index contributed by atoms with van der Waals surface area (Å²) >= 11 is 4.12. The van der Waals surface area contributed by atoms with Crippen molar-refractivity contribution in [2.24, 2.45) is 5.41 Å². The Labute approximate surface area is 145 Å². The van der Waals surface area contributed by atoms with Crippen LogP contribution in [0.4, 0.5) is 0 Å². The van der Waals surface area contributed by atoms with Crippen LogP contribution in [0.25, 0.3) is 0 Å². The number of rotatable bonds is 8. The van der Waals surface area contributed by atoms with Crippen molar-refractivity contribution in [3.05, 3.63) is 0 Å². The third-order valence-electron chi connectivity index (χ3n) is 4.35. The predicted molar refractivity (Wildman–Crippen MR) is 93.7 cm³/mol. The molecule has 0 aromatic carbocycles. The second kappa shape index (κ2) is 9.52. The molecule has 1 amide bonds. The van der Waals surface area contributed by atoms with E-state index in [9.17, 15) is 9.59 Å². The van der Waals surface area contributed by atoms with E-state index in [0.29, 0.717) is 25.3 Å². The molecule has 5 nitrogen and oxygen atoms in total. The van der Waals surface area contributed by atoms with E-state index in [4.69, 9.17) is 9.47 Å². The SMILES string of the molecule is CCC(C)(C)COCC(=O)N1CCCCC1C(=O)OC(C)CS. The van der Waals surface area contributed by atoms with Crippen molar-refractivity contribution in [2.45, 2.75) is 65.5 Å². The Morgan fingerprint density at radius 1 is 1.35 bits per heavy atom. The van der Waals surface area contributed by atoms with Crippen LogP contribution in [0.15, 0.2) is 0 Å². The van der Waals surface area contributed by atoms with Crippen molar-refractivity contribution in [3.63, 3.8) is 0 Å². The van der Waals surface area contributed by atoms with Gasteiger partial charge in [-0.15, -0.1) is 0 Å². The number of thiol groups is 1. The van der Waals surface area contributed by atoms with Crippen LogP contribution in [0.3, 0.4) is 0 Å². The highest BCUT2D eigenvalue weighted by molar-refractivity contribution is 7.80. The monoisotopic (exact) mass is 345 g/mol. The van der Waals surface area contributed by atoms with Crippen molar-refractivity contribution in [1.29, 1.82) is 0 Å². The fourth-order valence-corrected chi connectivity index (χ4v) is 2.46. The van der Waals surface area contributed by atoms with Crippen LogP contribution in [0, 0.1) is 5.41 Å². The molecule has 1 fully saturated rings. The summed E-state index contributed by atoms with van der Waals surface area (Å²) in [5.41, 5.74) is 0.0580. The third-order valence-corrected chi connectivity index (χ3v) is 4.86. The molecule has 6 heteroatoms. The molecule has 1 aliphatic rings. The molecule has 2 atom stereocenters. The van der Waals surface area contributed by atoms with Gasteiger partial charge in [-0.3, -0.25) is 4.79 Å². The Bertz CT molecular complexity index is 400. The second-order valence-corrected chi connectivity index (χ2v) is 7.40. The summed E-state index contributed by atoms with van der Waals surface area (Å²) in [5, 5.41) is 0. The molecular formula is C17H31NO4S. The second-order valence-electron chi connectivity index (χ2n) is 7.04. The molecule has 0 aromatic heterocycles. The summed E-state index contributed by atoms with van der Waals surface area (Å²) < 4.78 is 10.9. The van der Waals surface area contributed by atoms with E-state index in [2.05, 4.69) is 33.4 Å². The number of amides is 1. The van der Waals surface area contributed by atoms with Crippen molar-refractivity contribution < 1.29 is 19.1 Å².